The highest BCUT2D eigenvalue weighted by Crippen LogP contribution is 2.14. The molecule has 53 heavy (non-hydrogen) atoms. The highest BCUT2D eigenvalue weighted by atomic mass is 16.7. The van der Waals surface area contributed by atoms with Gasteiger partial charge in [0.15, 0.2) is 6.29 Å². The van der Waals surface area contributed by atoms with E-state index in [2.05, 4.69) is 26.8 Å². The maximum atomic E-state index is 12.6. The van der Waals surface area contributed by atoms with Crippen molar-refractivity contribution < 1.29 is 43.2 Å². The molecular weight excluding hydrogens is 672 g/mol. The minimum Gasteiger partial charge on any atom is -0.465 e. The number of unbranched alkanes of at least 4 members (excludes halogenated alkanes) is 20. The van der Waals surface area contributed by atoms with Gasteiger partial charge in [0, 0.05) is 32.5 Å². The topological polar surface area (TPSA) is 118 Å². The van der Waals surface area contributed by atoms with E-state index in [1.54, 1.807) is 0 Å². The predicted molar refractivity (Wildman–Crippen MR) is 215 cm³/mol. The fourth-order valence-corrected chi connectivity index (χ4v) is 5.87. The molecule has 0 spiro atoms. The molecule has 0 aromatic heterocycles. The summed E-state index contributed by atoms with van der Waals surface area (Å²) in [5.74, 6) is -1.33. The molecule has 0 bridgehead atoms. The lowest BCUT2D eigenvalue weighted by Gasteiger charge is -2.19. The SMILES string of the molecule is CCCCCC/C=C\COC(=O)CCCCCCCC(=O)OCC(CO)COC(=O)CCC(OCCCCCCCCC)OCCCCCCCCC. The van der Waals surface area contributed by atoms with E-state index >= 15 is 0 Å². The number of aliphatic hydroxyl groups excluding tert-OH is 1. The first-order valence-electron chi connectivity index (χ1n) is 21.9. The molecule has 0 aliphatic carbocycles. The van der Waals surface area contributed by atoms with Crippen molar-refractivity contribution in [3.63, 3.8) is 0 Å². The van der Waals surface area contributed by atoms with Gasteiger partial charge in [-0.3, -0.25) is 14.4 Å². The first-order valence-corrected chi connectivity index (χ1v) is 21.9. The lowest BCUT2D eigenvalue weighted by atomic mass is 10.1. The van der Waals surface area contributed by atoms with E-state index in [1.165, 1.54) is 89.9 Å². The van der Waals surface area contributed by atoms with Gasteiger partial charge in [-0.2, -0.15) is 0 Å². The first kappa shape index (κ1) is 51.0. The van der Waals surface area contributed by atoms with Crippen LogP contribution in [-0.4, -0.2) is 68.9 Å². The molecular formula is C44H82O9. The van der Waals surface area contributed by atoms with Crippen LogP contribution >= 0.6 is 0 Å². The quantitative estimate of drug-likeness (QED) is 0.0214. The minimum atomic E-state index is -0.470. The third kappa shape index (κ3) is 38.1. The number of hydrogen-bond donors (Lipinski definition) is 1. The number of allylic oxidation sites excluding steroid dienone is 1. The van der Waals surface area contributed by atoms with E-state index in [4.69, 9.17) is 23.7 Å². The van der Waals surface area contributed by atoms with Crippen LogP contribution in [0.4, 0.5) is 0 Å². The largest absolute Gasteiger partial charge is 0.465 e. The molecule has 1 unspecified atom stereocenters. The molecule has 312 valence electrons. The molecule has 0 aromatic carbocycles. The van der Waals surface area contributed by atoms with Gasteiger partial charge >= 0.3 is 17.9 Å². The Morgan fingerprint density at radius 1 is 0.491 bits per heavy atom. The standard InChI is InChI=1S/C44H82O9/c1-4-7-10-13-16-22-27-34-49-41(46)30-25-20-19-21-26-31-42(47)52-38-40(37-45)39-53-43(48)32-33-44(50-35-28-23-17-14-11-8-5-2)51-36-29-24-18-15-12-9-6-3/h22,27,40,44-45H,4-21,23-26,28-39H2,1-3H3/b27-22-. The molecule has 0 saturated heterocycles. The lowest BCUT2D eigenvalue weighted by molar-refractivity contribution is -0.161. The van der Waals surface area contributed by atoms with Gasteiger partial charge in [-0.1, -0.05) is 148 Å². The lowest BCUT2D eigenvalue weighted by Crippen LogP contribution is -2.25. The van der Waals surface area contributed by atoms with Crippen molar-refractivity contribution in [2.45, 2.75) is 207 Å². The number of esters is 3. The van der Waals surface area contributed by atoms with Crippen LogP contribution in [-0.2, 0) is 38.1 Å². The van der Waals surface area contributed by atoms with Crippen molar-refractivity contribution in [2.24, 2.45) is 5.92 Å². The van der Waals surface area contributed by atoms with Crippen molar-refractivity contribution in [1.82, 2.24) is 0 Å². The van der Waals surface area contributed by atoms with Gasteiger partial charge in [-0.15, -0.1) is 0 Å². The van der Waals surface area contributed by atoms with Crippen LogP contribution in [0.25, 0.3) is 0 Å². The van der Waals surface area contributed by atoms with E-state index in [1.807, 2.05) is 6.08 Å². The van der Waals surface area contributed by atoms with Gasteiger partial charge < -0.3 is 28.8 Å². The van der Waals surface area contributed by atoms with Crippen LogP contribution in [0.2, 0.25) is 0 Å². The van der Waals surface area contributed by atoms with Crippen LogP contribution in [0.1, 0.15) is 201 Å². The Kier molecular flexibility index (Phi) is 39.7. The fourth-order valence-electron chi connectivity index (χ4n) is 5.87. The summed E-state index contributed by atoms with van der Waals surface area (Å²) in [5.41, 5.74) is 0. The van der Waals surface area contributed by atoms with Gasteiger partial charge in [0.25, 0.3) is 0 Å². The average Bonchev–Trinajstić information content (AvgIpc) is 3.16. The molecule has 9 heteroatoms. The third-order valence-electron chi connectivity index (χ3n) is 9.40. The number of ether oxygens (including phenoxy) is 5. The molecule has 0 fully saturated rings. The summed E-state index contributed by atoms with van der Waals surface area (Å²) in [6, 6.07) is 0. The number of carbonyl (C=O) groups excluding carboxylic acids is 3. The van der Waals surface area contributed by atoms with Crippen LogP contribution in [0.5, 0.6) is 0 Å². The maximum Gasteiger partial charge on any atom is 0.306 e. The van der Waals surface area contributed by atoms with Gasteiger partial charge in [-0.25, -0.2) is 0 Å². The molecule has 0 heterocycles. The second kappa shape index (κ2) is 41.2. The second-order valence-corrected chi connectivity index (χ2v) is 14.6. The van der Waals surface area contributed by atoms with Crippen molar-refractivity contribution in [3.05, 3.63) is 12.2 Å². The van der Waals surface area contributed by atoms with Crippen LogP contribution in [0.3, 0.4) is 0 Å². The van der Waals surface area contributed by atoms with Crippen LogP contribution < -0.4 is 0 Å². The Labute approximate surface area is 325 Å². The molecule has 9 nitrogen and oxygen atoms in total. The van der Waals surface area contributed by atoms with E-state index in [-0.39, 0.29) is 44.1 Å². The number of aliphatic hydroxyl groups is 1. The normalized spacial score (nSPS) is 12.1. The average molecular weight is 755 g/mol. The van der Waals surface area contributed by atoms with Gasteiger partial charge in [0.05, 0.1) is 32.2 Å². The van der Waals surface area contributed by atoms with Gasteiger partial charge in [0.1, 0.15) is 6.61 Å². The molecule has 0 aliphatic rings. The zero-order chi connectivity index (χ0) is 38.9. The van der Waals surface area contributed by atoms with Crippen molar-refractivity contribution in [3.8, 4) is 0 Å². The Morgan fingerprint density at radius 3 is 1.40 bits per heavy atom. The highest BCUT2D eigenvalue weighted by Gasteiger charge is 2.17. The van der Waals surface area contributed by atoms with Crippen molar-refractivity contribution >= 4 is 17.9 Å². The Balaban J connectivity index is 4.15. The zero-order valence-electron chi connectivity index (χ0n) is 34.6. The highest BCUT2D eigenvalue weighted by molar-refractivity contribution is 5.70. The summed E-state index contributed by atoms with van der Waals surface area (Å²) in [4.78, 5) is 36.7. The second-order valence-electron chi connectivity index (χ2n) is 14.6. The van der Waals surface area contributed by atoms with E-state index in [0.29, 0.717) is 45.5 Å². The molecule has 1 N–H and O–H groups in total. The summed E-state index contributed by atoms with van der Waals surface area (Å²) < 4.78 is 28.1. The van der Waals surface area contributed by atoms with Gasteiger partial charge in [-0.05, 0) is 38.5 Å². The van der Waals surface area contributed by atoms with Crippen LogP contribution in [0, 0.1) is 5.92 Å². The fraction of sp³-hybridized carbons (Fsp3) is 0.886. The summed E-state index contributed by atoms with van der Waals surface area (Å²) in [5, 5.41) is 9.76. The smallest absolute Gasteiger partial charge is 0.306 e. The molecule has 0 saturated carbocycles. The zero-order valence-corrected chi connectivity index (χ0v) is 34.6. The summed E-state index contributed by atoms with van der Waals surface area (Å²) in [6.07, 6.45) is 32.0. The molecule has 1 atom stereocenters. The van der Waals surface area contributed by atoms with Crippen LogP contribution in [0.15, 0.2) is 12.2 Å². The van der Waals surface area contributed by atoms with E-state index < -0.39 is 12.2 Å². The van der Waals surface area contributed by atoms with E-state index in [0.717, 1.165) is 57.8 Å². The van der Waals surface area contributed by atoms with Crippen molar-refractivity contribution in [2.75, 3.05) is 39.6 Å². The molecule has 0 radical (unpaired) electrons. The first-order chi connectivity index (χ1) is 26.0. The van der Waals surface area contributed by atoms with Gasteiger partial charge in [0.2, 0.25) is 0 Å². The third-order valence-corrected chi connectivity index (χ3v) is 9.40. The Bertz CT molecular complexity index is 827. The predicted octanol–water partition coefficient (Wildman–Crippen LogP) is 11.1. The summed E-state index contributed by atoms with van der Waals surface area (Å²) in [6.45, 7) is 7.99. The Morgan fingerprint density at radius 2 is 0.906 bits per heavy atom. The molecule has 0 aromatic rings. The molecule has 0 aliphatic heterocycles. The number of hydrogen-bond acceptors (Lipinski definition) is 9. The minimum absolute atomic E-state index is 0.00447. The van der Waals surface area contributed by atoms with E-state index in [9.17, 15) is 19.5 Å². The summed E-state index contributed by atoms with van der Waals surface area (Å²) in [7, 11) is 0. The molecule has 0 amide bonds. The maximum absolute atomic E-state index is 12.6. The molecule has 0 rings (SSSR count). The monoisotopic (exact) mass is 755 g/mol. The number of carbonyl (C=O) groups is 3. The Hall–Kier alpha value is -1.97. The van der Waals surface area contributed by atoms with Crippen molar-refractivity contribution in [1.29, 1.82) is 0 Å². The number of rotatable bonds is 41. The summed E-state index contributed by atoms with van der Waals surface area (Å²) >= 11 is 0.